The van der Waals surface area contributed by atoms with E-state index in [0.717, 1.165) is 44.5 Å². The monoisotopic (exact) mass is 370 g/mol. The van der Waals surface area contributed by atoms with E-state index in [1.165, 1.54) is 0 Å². The maximum atomic E-state index is 6.22. The number of aromatic amines is 2. The van der Waals surface area contributed by atoms with Crippen LogP contribution in [0.15, 0.2) is 49.1 Å². The largest absolute Gasteiger partial charge is 0.383 e. The number of nitrogens with one attached hydrogen (secondary N) is 2. The lowest BCUT2D eigenvalue weighted by Gasteiger charge is -2.12. The highest BCUT2D eigenvalue weighted by molar-refractivity contribution is 5.76. The molecule has 0 aliphatic carbocycles. The van der Waals surface area contributed by atoms with Gasteiger partial charge in [0.25, 0.3) is 0 Å². The van der Waals surface area contributed by atoms with Crippen LogP contribution in [-0.4, -0.2) is 29.9 Å². The van der Waals surface area contributed by atoms with Gasteiger partial charge < -0.3 is 21.4 Å². The first-order valence-electron chi connectivity index (χ1n) is 8.90. The van der Waals surface area contributed by atoms with E-state index in [1.807, 2.05) is 24.3 Å². The van der Waals surface area contributed by atoms with E-state index in [4.69, 9.17) is 11.5 Å². The fraction of sp³-hybridized carbons (Fsp3) is 0.100. The van der Waals surface area contributed by atoms with Gasteiger partial charge in [-0.1, -0.05) is 12.1 Å². The molecule has 0 spiro atoms. The summed E-state index contributed by atoms with van der Waals surface area (Å²) in [7, 11) is 0. The second-order valence-electron chi connectivity index (χ2n) is 6.75. The molecule has 0 aliphatic heterocycles. The van der Waals surface area contributed by atoms with Crippen LogP contribution in [0.4, 0.5) is 11.8 Å². The summed E-state index contributed by atoms with van der Waals surface area (Å²) >= 11 is 0. The Labute approximate surface area is 160 Å². The van der Waals surface area contributed by atoms with Gasteiger partial charge in [0, 0.05) is 18.4 Å². The molecule has 5 rings (SSSR count). The number of nitrogens with two attached hydrogens (primary N) is 2. The first-order chi connectivity index (χ1) is 13.7. The Morgan fingerprint density at radius 1 is 0.750 bits per heavy atom. The fourth-order valence-electron chi connectivity index (χ4n) is 3.48. The maximum Gasteiger partial charge on any atom is 0.222 e. The lowest BCUT2D eigenvalue weighted by atomic mass is 9.99. The van der Waals surface area contributed by atoms with Crippen LogP contribution >= 0.6 is 0 Å². The van der Waals surface area contributed by atoms with Crippen LogP contribution in [0.25, 0.3) is 22.1 Å². The molecule has 28 heavy (non-hydrogen) atoms. The number of anilines is 2. The number of rotatable bonds is 4. The van der Waals surface area contributed by atoms with E-state index in [1.54, 1.807) is 12.7 Å². The first-order valence-corrected chi connectivity index (χ1v) is 8.90. The Hall–Kier alpha value is -3.94. The van der Waals surface area contributed by atoms with Crippen LogP contribution in [0.2, 0.25) is 0 Å². The fourth-order valence-corrected chi connectivity index (χ4v) is 3.48. The van der Waals surface area contributed by atoms with Gasteiger partial charge in [0.05, 0.1) is 40.4 Å². The third kappa shape index (κ3) is 2.90. The summed E-state index contributed by atoms with van der Waals surface area (Å²) in [5, 5.41) is 0. The molecular formula is C20H18N8. The van der Waals surface area contributed by atoms with Crippen molar-refractivity contribution in [2.45, 2.75) is 12.8 Å². The molecule has 0 fully saturated rings. The van der Waals surface area contributed by atoms with Crippen LogP contribution in [-0.2, 0) is 12.8 Å². The minimum absolute atomic E-state index is 0.180. The number of imidazole rings is 2. The molecule has 0 saturated heterocycles. The molecule has 0 radical (unpaired) electrons. The summed E-state index contributed by atoms with van der Waals surface area (Å²) in [6.07, 6.45) is 4.58. The molecule has 3 heterocycles. The third-order valence-corrected chi connectivity index (χ3v) is 4.87. The average molecular weight is 370 g/mol. The first kappa shape index (κ1) is 16.2. The number of hydrogen-bond acceptors (Lipinski definition) is 6. The number of H-pyrrole nitrogens is 2. The average Bonchev–Trinajstić information content (AvgIpc) is 3.32. The van der Waals surface area contributed by atoms with E-state index in [2.05, 4.69) is 42.0 Å². The molecule has 0 atom stereocenters. The van der Waals surface area contributed by atoms with Crippen LogP contribution in [0.1, 0.15) is 22.4 Å². The molecule has 6 N–H and O–H groups in total. The molecule has 2 aromatic carbocycles. The van der Waals surface area contributed by atoms with Crippen LogP contribution in [0.3, 0.4) is 0 Å². The molecule has 0 unspecified atom stereocenters. The molecule has 138 valence electrons. The summed E-state index contributed by atoms with van der Waals surface area (Å²) in [4.78, 5) is 23.5. The standard InChI is InChI=1S/C20H18N8/c21-19-13(5-11-1-3-14-17(7-11)25-9-23-14)16(27-20(22)28-19)6-12-2-4-15-18(8-12)26-10-24-15/h1-4,7-10H,5-6H2,(H,23,25)(H,24,26)(H4,21,22,27,28). The summed E-state index contributed by atoms with van der Waals surface area (Å²) in [5.41, 5.74) is 19.8. The van der Waals surface area contributed by atoms with Gasteiger partial charge in [0.1, 0.15) is 5.82 Å². The van der Waals surface area contributed by atoms with E-state index < -0.39 is 0 Å². The maximum absolute atomic E-state index is 6.22. The topological polar surface area (TPSA) is 135 Å². The highest BCUT2D eigenvalue weighted by atomic mass is 15.0. The zero-order valence-electron chi connectivity index (χ0n) is 15.0. The Morgan fingerprint density at radius 2 is 1.36 bits per heavy atom. The molecule has 3 aromatic heterocycles. The minimum atomic E-state index is 0.180. The summed E-state index contributed by atoms with van der Waals surface area (Å²) in [6.45, 7) is 0. The SMILES string of the molecule is Nc1nc(N)c(Cc2ccc3[nH]cnc3c2)c(Cc2ccc3[nH]cnc3c2)n1. The predicted molar refractivity (Wildman–Crippen MR) is 109 cm³/mol. The number of nitrogen functional groups attached to an aromatic ring is 2. The Bertz CT molecular complexity index is 1300. The normalized spacial score (nSPS) is 11.4. The third-order valence-electron chi connectivity index (χ3n) is 4.87. The highest BCUT2D eigenvalue weighted by Crippen LogP contribution is 2.24. The molecule has 0 bridgehead atoms. The molecule has 0 amide bonds. The van der Waals surface area contributed by atoms with Crippen molar-refractivity contribution in [3.05, 3.63) is 71.4 Å². The summed E-state index contributed by atoms with van der Waals surface area (Å²) in [6, 6.07) is 12.2. The molecular weight excluding hydrogens is 352 g/mol. The van der Waals surface area contributed by atoms with Gasteiger partial charge in [-0.25, -0.2) is 15.0 Å². The second-order valence-corrected chi connectivity index (χ2v) is 6.75. The van der Waals surface area contributed by atoms with Crippen molar-refractivity contribution >= 4 is 33.8 Å². The number of benzene rings is 2. The van der Waals surface area contributed by atoms with E-state index in [0.29, 0.717) is 18.7 Å². The van der Waals surface area contributed by atoms with Gasteiger partial charge in [0.2, 0.25) is 5.95 Å². The van der Waals surface area contributed by atoms with Crippen molar-refractivity contribution in [2.24, 2.45) is 0 Å². The van der Waals surface area contributed by atoms with Crippen LogP contribution in [0.5, 0.6) is 0 Å². The zero-order valence-corrected chi connectivity index (χ0v) is 15.0. The van der Waals surface area contributed by atoms with Crippen molar-refractivity contribution in [1.29, 1.82) is 0 Å². The summed E-state index contributed by atoms with van der Waals surface area (Å²) < 4.78 is 0. The lowest BCUT2D eigenvalue weighted by molar-refractivity contribution is 0.981. The van der Waals surface area contributed by atoms with Gasteiger partial charge in [-0.05, 0) is 35.4 Å². The smallest absolute Gasteiger partial charge is 0.222 e. The van der Waals surface area contributed by atoms with E-state index >= 15 is 0 Å². The minimum Gasteiger partial charge on any atom is -0.383 e. The van der Waals surface area contributed by atoms with Crippen molar-refractivity contribution in [3.63, 3.8) is 0 Å². The molecule has 0 aliphatic rings. The zero-order chi connectivity index (χ0) is 19.1. The quantitative estimate of drug-likeness (QED) is 0.384. The molecule has 8 heteroatoms. The summed E-state index contributed by atoms with van der Waals surface area (Å²) in [5.74, 6) is 0.588. The molecule has 0 saturated carbocycles. The Balaban J connectivity index is 1.53. The number of hydrogen-bond donors (Lipinski definition) is 4. The predicted octanol–water partition coefficient (Wildman–Crippen LogP) is 2.58. The lowest BCUT2D eigenvalue weighted by Crippen LogP contribution is -2.10. The van der Waals surface area contributed by atoms with Gasteiger partial charge in [-0.15, -0.1) is 0 Å². The van der Waals surface area contributed by atoms with Crippen molar-refractivity contribution in [2.75, 3.05) is 11.5 Å². The van der Waals surface area contributed by atoms with Crippen molar-refractivity contribution in [1.82, 2.24) is 29.9 Å². The van der Waals surface area contributed by atoms with E-state index in [9.17, 15) is 0 Å². The molecule has 8 nitrogen and oxygen atoms in total. The highest BCUT2D eigenvalue weighted by Gasteiger charge is 2.14. The number of nitrogens with zero attached hydrogens (tertiary/aromatic N) is 4. The van der Waals surface area contributed by atoms with E-state index in [-0.39, 0.29) is 5.95 Å². The van der Waals surface area contributed by atoms with Gasteiger partial charge in [-0.2, -0.15) is 4.98 Å². The van der Waals surface area contributed by atoms with Crippen molar-refractivity contribution in [3.8, 4) is 0 Å². The van der Waals surface area contributed by atoms with Crippen molar-refractivity contribution < 1.29 is 0 Å². The Morgan fingerprint density at radius 3 is 2.00 bits per heavy atom. The van der Waals surface area contributed by atoms with Gasteiger partial charge in [-0.3, -0.25) is 0 Å². The second kappa shape index (κ2) is 6.34. The number of fused-ring (bicyclic) bond motifs is 2. The van der Waals surface area contributed by atoms with Gasteiger partial charge >= 0.3 is 0 Å². The van der Waals surface area contributed by atoms with Gasteiger partial charge in [0.15, 0.2) is 0 Å². The molecule has 5 aromatic rings. The Kier molecular flexibility index (Phi) is 3.68. The van der Waals surface area contributed by atoms with Crippen LogP contribution in [0, 0.1) is 0 Å². The van der Waals surface area contributed by atoms with Crippen LogP contribution < -0.4 is 11.5 Å². The number of aromatic nitrogens is 6.